The van der Waals surface area contributed by atoms with Crippen molar-refractivity contribution in [2.75, 3.05) is 6.61 Å². The molecule has 2 N–H and O–H groups in total. The lowest BCUT2D eigenvalue weighted by Gasteiger charge is -2.06. The Morgan fingerprint density at radius 2 is 1.50 bits per heavy atom. The molecule has 0 rings (SSSR count). The zero-order valence-corrected chi connectivity index (χ0v) is 9.63. The molecule has 0 saturated heterocycles. The second-order valence-electron chi connectivity index (χ2n) is 3.88. The minimum absolute atomic E-state index is 0.348. The molecule has 0 aromatic carbocycles. The molecule has 0 spiro atoms. The van der Waals surface area contributed by atoms with E-state index in [1.54, 1.807) is 0 Å². The fourth-order valence-electron chi connectivity index (χ4n) is 1.47. The number of ether oxygens (including phenoxy) is 1. The largest absolute Gasteiger partial charge is 0.364 e. The molecular formula is C12H26NO. The number of hydrogen-bond donors (Lipinski definition) is 1. The molecule has 2 heteroatoms. The van der Waals surface area contributed by atoms with E-state index in [9.17, 15) is 0 Å². The summed E-state index contributed by atoms with van der Waals surface area (Å²) in [4.78, 5) is 0. The minimum Gasteiger partial charge on any atom is -0.364 e. The molecule has 1 unspecified atom stereocenters. The zero-order valence-electron chi connectivity index (χ0n) is 9.63. The van der Waals surface area contributed by atoms with Crippen molar-refractivity contribution in [2.24, 2.45) is 5.73 Å². The van der Waals surface area contributed by atoms with Crippen LogP contribution in [0, 0.1) is 6.92 Å². The smallest absolute Gasteiger partial charge is 0.105 e. The molecule has 1 atom stereocenters. The summed E-state index contributed by atoms with van der Waals surface area (Å²) in [6.45, 7) is 6.57. The Bertz CT molecular complexity index is 104. The Morgan fingerprint density at radius 3 is 2.00 bits per heavy atom. The van der Waals surface area contributed by atoms with Gasteiger partial charge in [0.2, 0.25) is 0 Å². The highest BCUT2D eigenvalue weighted by Crippen LogP contribution is 2.08. The molecule has 0 amide bonds. The molecule has 0 aliphatic rings. The van der Waals surface area contributed by atoms with Gasteiger partial charge in [-0.2, -0.15) is 0 Å². The first-order valence-corrected chi connectivity index (χ1v) is 5.97. The van der Waals surface area contributed by atoms with Gasteiger partial charge in [-0.1, -0.05) is 51.9 Å². The summed E-state index contributed by atoms with van der Waals surface area (Å²) >= 11 is 0. The number of nitrogens with two attached hydrogens (primary N) is 1. The van der Waals surface area contributed by atoms with Gasteiger partial charge in [-0.05, 0) is 13.3 Å². The van der Waals surface area contributed by atoms with Gasteiger partial charge in [0.1, 0.15) is 6.23 Å². The third kappa shape index (κ3) is 11.9. The van der Waals surface area contributed by atoms with Crippen molar-refractivity contribution in [3.05, 3.63) is 6.92 Å². The van der Waals surface area contributed by atoms with Crippen molar-refractivity contribution in [1.29, 1.82) is 0 Å². The van der Waals surface area contributed by atoms with Crippen LogP contribution in [0.25, 0.3) is 0 Å². The SMILES string of the molecule is [CH2]C(N)OCCCCCCCCCC. The van der Waals surface area contributed by atoms with Crippen molar-refractivity contribution in [3.8, 4) is 0 Å². The fourth-order valence-corrected chi connectivity index (χ4v) is 1.47. The molecule has 0 fully saturated rings. The first-order chi connectivity index (χ1) is 6.77. The van der Waals surface area contributed by atoms with Crippen LogP contribution in [0.3, 0.4) is 0 Å². The van der Waals surface area contributed by atoms with E-state index in [1.807, 2.05) is 0 Å². The predicted molar refractivity (Wildman–Crippen MR) is 61.9 cm³/mol. The molecule has 0 heterocycles. The maximum atomic E-state index is 5.35. The first kappa shape index (κ1) is 13.9. The fraction of sp³-hybridized carbons (Fsp3) is 0.917. The van der Waals surface area contributed by atoms with E-state index in [4.69, 9.17) is 10.5 Å². The van der Waals surface area contributed by atoms with Gasteiger partial charge in [0.15, 0.2) is 0 Å². The number of unbranched alkanes of at least 4 members (excludes halogenated alkanes) is 7. The van der Waals surface area contributed by atoms with Crippen LogP contribution >= 0.6 is 0 Å². The van der Waals surface area contributed by atoms with Gasteiger partial charge in [0.05, 0.1) is 0 Å². The summed E-state index contributed by atoms with van der Waals surface area (Å²) in [5, 5.41) is 0. The van der Waals surface area contributed by atoms with Crippen LogP contribution in [0.15, 0.2) is 0 Å². The topological polar surface area (TPSA) is 35.2 Å². The minimum atomic E-state index is -0.348. The lowest BCUT2D eigenvalue weighted by Crippen LogP contribution is -2.19. The first-order valence-electron chi connectivity index (χ1n) is 5.97. The number of hydrogen-bond acceptors (Lipinski definition) is 2. The van der Waals surface area contributed by atoms with E-state index in [2.05, 4.69) is 13.8 Å². The second-order valence-corrected chi connectivity index (χ2v) is 3.88. The van der Waals surface area contributed by atoms with Crippen LogP contribution in [0.2, 0.25) is 0 Å². The second kappa shape index (κ2) is 11.0. The molecule has 0 aromatic heterocycles. The van der Waals surface area contributed by atoms with Crippen LogP contribution in [0.4, 0.5) is 0 Å². The molecule has 14 heavy (non-hydrogen) atoms. The quantitative estimate of drug-likeness (QED) is 0.434. The molecule has 85 valence electrons. The lowest BCUT2D eigenvalue weighted by molar-refractivity contribution is 0.0844. The summed E-state index contributed by atoms with van der Waals surface area (Å²) in [6.07, 6.45) is 10.3. The molecular weight excluding hydrogens is 174 g/mol. The van der Waals surface area contributed by atoms with Crippen molar-refractivity contribution < 1.29 is 4.74 Å². The molecule has 0 aliphatic carbocycles. The monoisotopic (exact) mass is 200 g/mol. The molecule has 2 nitrogen and oxygen atoms in total. The Hall–Kier alpha value is -0.0800. The van der Waals surface area contributed by atoms with Crippen LogP contribution in [-0.4, -0.2) is 12.8 Å². The van der Waals surface area contributed by atoms with Gasteiger partial charge in [0, 0.05) is 6.61 Å². The van der Waals surface area contributed by atoms with Crippen molar-refractivity contribution in [2.45, 2.75) is 64.5 Å². The molecule has 0 bridgehead atoms. The van der Waals surface area contributed by atoms with E-state index in [0.29, 0.717) is 0 Å². The normalized spacial score (nSPS) is 13.1. The van der Waals surface area contributed by atoms with Crippen LogP contribution in [0.1, 0.15) is 58.3 Å². The lowest BCUT2D eigenvalue weighted by atomic mass is 10.1. The van der Waals surface area contributed by atoms with Crippen LogP contribution in [-0.2, 0) is 4.74 Å². The van der Waals surface area contributed by atoms with E-state index in [1.165, 1.54) is 44.9 Å². The van der Waals surface area contributed by atoms with E-state index >= 15 is 0 Å². The Labute approximate surface area is 89.2 Å². The maximum Gasteiger partial charge on any atom is 0.105 e. The summed E-state index contributed by atoms with van der Waals surface area (Å²) in [5.74, 6) is 0. The highest BCUT2D eigenvalue weighted by atomic mass is 16.5. The summed E-state index contributed by atoms with van der Waals surface area (Å²) in [5.41, 5.74) is 5.35. The van der Waals surface area contributed by atoms with Crippen LogP contribution < -0.4 is 5.73 Å². The van der Waals surface area contributed by atoms with E-state index < -0.39 is 0 Å². The Kier molecular flexibility index (Phi) is 10.9. The third-order valence-electron chi connectivity index (χ3n) is 2.33. The Balaban J connectivity index is 2.85. The van der Waals surface area contributed by atoms with Gasteiger partial charge in [-0.3, -0.25) is 0 Å². The average molecular weight is 200 g/mol. The molecule has 0 aromatic rings. The third-order valence-corrected chi connectivity index (χ3v) is 2.33. The van der Waals surface area contributed by atoms with E-state index in [-0.39, 0.29) is 6.23 Å². The number of rotatable bonds is 10. The average Bonchev–Trinajstić information content (AvgIpc) is 2.15. The zero-order chi connectivity index (χ0) is 10.6. The van der Waals surface area contributed by atoms with Gasteiger partial charge in [-0.15, -0.1) is 0 Å². The maximum absolute atomic E-state index is 5.35. The van der Waals surface area contributed by atoms with E-state index in [0.717, 1.165) is 13.0 Å². The van der Waals surface area contributed by atoms with Gasteiger partial charge in [-0.25, -0.2) is 0 Å². The highest BCUT2D eigenvalue weighted by molar-refractivity contribution is 4.49. The predicted octanol–water partition coefficient (Wildman–Crippen LogP) is 3.26. The summed E-state index contributed by atoms with van der Waals surface area (Å²) in [7, 11) is 0. The van der Waals surface area contributed by atoms with Crippen LogP contribution in [0.5, 0.6) is 0 Å². The Morgan fingerprint density at radius 1 is 1.00 bits per heavy atom. The summed E-state index contributed by atoms with van der Waals surface area (Å²) in [6, 6.07) is 0. The highest BCUT2D eigenvalue weighted by Gasteiger charge is 1.94. The standard InChI is InChI=1S/C12H26NO/c1-3-4-5-6-7-8-9-10-11-14-12(2)13/h12H,2-11,13H2,1H3. The van der Waals surface area contributed by atoms with Crippen molar-refractivity contribution >= 4 is 0 Å². The van der Waals surface area contributed by atoms with Gasteiger partial charge >= 0.3 is 0 Å². The molecule has 0 aliphatic heterocycles. The summed E-state index contributed by atoms with van der Waals surface area (Å²) < 4.78 is 5.15. The molecule has 1 radical (unpaired) electrons. The van der Waals surface area contributed by atoms with Gasteiger partial charge < -0.3 is 10.5 Å². The van der Waals surface area contributed by atoms with Gasteiger partial charge in [0.25, 0.3) is 0 Å². The van der Waals surface area contributed by atoms with Crippen molar-refractivity contribution in [1.82, 2.24) is 0 Å². The van der Waals surface area contributed by atoms with Crippen molar-refractivity contribution in [3.63, 3.8) is 0 Å². The molecule has 0 saturated carbocycles.